The highest BCUT2D eigenvalue weighted by Gasteiger charge is 2.39. The van der Waals surface area contributed by atoms with Gasteiger partial charge in [0, 0.05) is 6.04 Å². The molecule has 2 atom stereocenters. The zero-order valence-electron chi connectivity index (χ0n) is 7.13. The van der Waals surface area contributed by atoms with Gasteiger partial charge in [-0.1, -0.05) is 13.8 Å². The van der Waals surface area contributed by atoms with Gasteiger partial charge < -0.3 is 5.73 Å². The summed E-state index contributed by atoms with van der Waals surface area (Å²) in [7, 11) is 0. The molecule has 2 unspecified atom stereocenters. The van der Waals surface area contributed by atoms with Crippen molar-refractivity contribution in [2.24, 2.45) is 11.7 Å². The van der Waals surface area contributed by atoms with E-state index in [2.05, 4.69) is 19.2 Å². The Morgan fingerprint density at radius 3 is 2.64 bits per heavy atom. The molecule has 0 aliphatic carbocycles. The van der Waals surface area contributed by atoms with E-state index in [1.165, 1.54) is 6.42 Å². The quantitative estimate of drug-likeness (QED) is 0.573. The van der Waals surface area contributed by atoms with Gasteiger partial charge in [-0.3, -0.25) is 10.1 Å². The lowest BCUT2D eigenvalue weighted by Crippen LogP contribution is -2.21. The summed E-state index contributed by atoms with van der Waals surface area (Å²) in [5.41, 5.74) is 5.09. The van der Waals surface area contributed by atoms with Gasteiger partial charge >= 0.3 is 0 Å². The molecule has 1 rings (SSSR count). The number of nitrogens with two attached hydrogens (primary N) is 1. The van der Waals surface area contributed by atoms with Gasteiger partial charge in [0.15, 0.2) is 0 Å². The first kappa shape index (κ1) is 8.53. The molecule has 1 amide bonds. The molecule has 3 nitrogen and oxygen atoms in total. The van der Waals surface area contributed by atoms with Crippen LogP contribution in [-0.2, 0) is 4.79 Å². The van der Waals surface area contributed by atoms with Crippen molar-refractivity contribution < 1.29 is 4.79 Å². The second kappa shape index (κ2) is 3.22. The Balaban J connectivity index is 2.09. The van der Waals surface area contributed by atoms with Crippen molar-refractivity contribution in [1.82, 2.24) is 5.32 Å². The Bertz CT molecular complexity index is 156. The highest BCUT2D eigenvalue weighted by atomic mass is 16.1. The van der Waals surface area contributed by atoms with Crippen LogP contribution in [0, 0.1) is 5.92 Å². The van der Waals surface area contributed by atoms with Crippen LogP contribution in [-0.4, -0.2) is 18.0 Å². The maximum absolute atomic E-state index is 10.6. The number of carbonyl (C=O) groups is 1. The Labute approximate surface area is 67.3 Å². The first-order chi connectivity index (χ1) is 5.11. The third-order valence-corrected chi connectivity index (χ3v) is 2.05. The summed E-state index contributed by atoms with van der Waals surface area (Å²) in [5, 5.41) is 3.05. The van der Waals surface area contributed by atoms with Crippen LogP contribution in [0.1, 0.15) is 26.7 Å². The Morgan fingerprint density at radius 2 is 2.27 bits per heavy atom. The van der Waals surface area contributed by atoms with Gasteiger partial charge in [0.25, 0.3) is 0 Å². The highest BCUT2D eigenvalue weighted by molar-refractivity contribution is 5.83. The first-order valence-corrected chi connectivity index (χ1v) is 4.16. The molecule has 0 spiro atoms. The van der Waals surface area contributed by atoms with E-state index in [1.54, 1.807) is 0 Å². The van der Waals surface area contributed by atoms with Crippen LogP contribution in [0.15, 0.2) is 0 Å². The molecule has 3 heteroatoms. The molecule has 0 aromatic rings. The number of hydrogen-bond acceptors (Lipinski definition) is 2. The third-order valence-electron chi connectivity index (χ3n) is 2.05. The Kier molecular flexibility index (Phi) is 2.49. The summed E-state index contributed by atoms with van der Waals surface area (Å²) in [5.74, 6) is 0.504. The largest absolute Gasteiger partial charge is 0.368 e. The second-order valence-electron chi connectivity index (χ2n) is 3.62. The predicted octanol–water partition coefficient (Wildman–Crippen LogP) is 0.248. The number of primary amides is 1. The molecule has 1 saturated heterocycles. The molecular weight excluding hydrogens is 140 g/mol. The van der Waals surface area contributed by atoms with Crippen molar-refractivity contribution in [3.8, 4) is 0 Å². The summed E-state index contributed by atoms with van der Waals surface area (Å²) >= 11 is 0. The summed E-state index contributed by atoms with van der Waals surface area (Å²) in [6, 6.07) is 0.337. The van der Waals surface area contributed by atoms with Gasteiger partial charge in [0.2, 0.25) is 5.91 Å². The third kappa shape index (κ3) is 2.50. The minimum Gasteiger partial charge on any atom is -0.368 e. The maximum Gasteiger partial charge on any atom is 0.236 e. The smallest absolute Gasteiger partial charge is 0.236 e. The summed E-state index contributed by atoms with van der Waals surface area (Å²) in [6.45, 7) is 4.36. The minimum atomic E-state index is -0.209. The fourth-order valence-corrected chi connectivity index (χ4v) is 1.22. The monoisotopic (exact) mass is 156 g/mol. The van der Waals surface area contributed by atoms with E-state index in [9.17, 15) is 4.79 Å². The molecule has 0 aromatic carbocycles. The zero-order valence-corrected chi connectivity index (χ0v) is 7.13. The number of carbonyl (C=O) groups excluding carboxylic acids is 1. The van der Waals surface area contributed by atoms with Crippen LogP contribution in [0.2, 0.25) is 0 Å². The van der Waals surface area contributed by atoms with Crippen molar-refractivity contribution in [3.05, 3.63) is 0 Å². The molecule has 64 valence electrons. The van der Waals surface area contributed by atoms with Crippen molar-refractivity contribution >= 4 is 5.91 Å². The van der Waals surface area contributed by atoms with Crippen LogP contribution in [0.5, 0.6) is 0 Å². The predicted molar refractivity (Wildman–Crippen MR) is 44.0 cm³/mol. The Morgan fingerprint density at radius 1 is 1.64 bits per heavy atom. The topological polar surface area (TPSA) is 65.0 Å². The lowest BCUT2D eigenvalue weighted by atomic mass is 10.1. The van der Waals surface area contributed by atoms with E-state index in [-0.39, 0.29) is 11.9 Å². The van der Waals surface area contributed by atoms with Crippen LogP contribution in [0.25, 0.3) is 0 Å². The molecule has 1 heterocycles. The van der Waals surface area contributed by atoms with E-state index >= 15 is 0 Å². The number of nitrogens with one attached hydrogen (secondary N) is 1. The molecule has 1 fully saturated rings. The molecule has 0 aromatic heterocycles. The average Bonchev–Trinajstić information content (AvgIpc) is 2.61. The van der Waals surface area contributed by atoms with E-state index in [4.69, 9.17) is 5.73 Å². The number of hydrogen-bond donors (Lipinski definition) is 2. The molecule has 0 radical (unpaired) electrons. The molecule has 3 N–H and O–H groups in total. The average molecular weight is 156 g/mol. The SMILES string of the molecule is CC(C)CCC1NC1C(N)=O. The summed E-state index contributed by atoms with van der Waals surface area (Å²) in [4.78, 5) is 10.6. The van der Waals surface area contributed by atoms with Crippen LogP contribution >= 0.6 is 0 Å². The standard InChI is InChI=1S/C8H16N2O/c1-5(2)3-4-6-7(10-6)8(9)11/h5-7,10H,3-4H2,1-2H3,(H2,9,11). The fourth-order valence-electron chi connectivity index (χ4n) is 1.22. The summed E-state index contributed by atoms with van der Waals surface area (Å²) < 4.78 is 0. The molecular formula is C8H16N2O. The highest BCUT2D eigenvalue weighted by Crippen LogP contribution is 2.18. The van der Waals surface area contributed by atoms with Crippen molar-refractivity contribution in [3.63, 3.8) is 0 Å². The van der Waals surface area contributed by atoms with Crippen molar-refractivity contribution in [1.29, 1.82) is 0 Å². The number of rotatable bonds is 4. The van der Waals surface area contributed by atoms with E-state index in [0.29, 0.717) is 12.0 Å². The van der Waals surface area contributed by atoms with Gasteiger partial charge in [0.1, 0.15) is 6.04 Å². The first-order valence-electron chi connectivity index (χ1n) is 4.16. The minimum absolute atomic E-state index is 0.0336. The van der Waals surface area contributed by atoms with E-state index in [0.717, 1.165) is 6.42 Å². The van der Waals surface area contributed by atoms with Gasteiger partial charge in [-0.15, -0.1) is 0 Å². The Hall–Kier alpha value is -0.570. The summed E-state index contributed by atoms with van der Waals surface area (Å²) in [6.07, 6.45) is 2.24. The number of amides is 1. The van der Waals surface area contributed by atoms with Crippen molar-refractivity contribution in [2.75, 3.05) is 0 Å². The van der Waals surface area contributed by atoms with E-state index < -0.39 is 0 Å². The molecule has 1 aliphatic rings. The second-order valence-corrected chi connectivity index (χ2v) is 3.62. The molecule has 11 heavy (non-hydrogen) atoms. The van der Waals surface area contributed by atoms with Gasteiger partial charge in [-0.2, -0.15) is 0 Å². The zero-order chi connectivity index (χ0) is 8.43. The fraction of sp³-hybridized carbons (Fsp3) is 0.875. The van der Waals surface area contributed by atoms with Crippen molar-refractivity contribution in [2.45, 2.75) is 38.8 Å². The van der Waals surface area contributed by atoms with Crippen LogP contribution in [0.3, 0.4) is 0 Å². The van der Waals surface area contributed by atoms with Gasteiger partial charge in [-0.25, -0.2) is 0 Å². The lowest BCUT2D eigenvalue weighted by molar-refractivity contribution is -0.117. The van der Waals surface area contributed by atoms with Crippen LogP contribution < -0.4 is 11.1 Å². The van der Waals surface area contributed by atoms with E-state index in [1.807, 2.05) is 0 Å². The van der Waals surface area contributed by atoms with Gasteiger partial charge in [0.05, 0.1) is 0 Å². The molecule has 0 saturated carbocycles. The van der Waals surface area contributed by atoms with Crippen LogP contribution in [0.4, 0.5) is 0 Å². The molecule has 1 aliphatic heterocycles. The lowest BCUT2D eigenvalue weighted by Gasteiger charge is -2.00. The molecule has 0 bridgehead atoms. The van der Waals surface area contributed by atoms with Gasteiger partial charge in [-0.05, 0) is 18.8 Å². The normalized spacial score (nSPS) is 29.0. The maximum atomic E-state index is 10.6.